The SMILES string of the molecule is Cn1ccnc1CN1CCC(C)(CO)CC1. The summed E-state index contributed by atoms with van der Waals surface area (Å²) in [7, 11) is 2.03. The number of aromatic nitrogens is 2. The third-order valence-corrected chi connectivity index (χ3v) is 3.73. The van der Waals surface area contributed by atoms with Crippen LogP contribution in [0.25, 0.3) is 0 Å². The first-order valence-corrected chi connectivity index (χ1v) is 5.92. The van der Waals surface area contributed by atoms with Crippen molar-refractivity contribution in [3.8, 4) is 0 Å². The van der Waals surface area contributed by atoms with E-state index in [4.69, 9.17) is 0 Å². The van der Waals surface area contributed by atoms with Crippen LogP contribution >= 0.6 is 0 Å². The average Bonchev–Trinajstić information content (AvgIpc) is 2.68. The van der Waals surface area contributed by atoms with Crippen molar-refractivity contribution in [2.45, 2.75) is 26.3 Å². The molecule has 0 saturated carbocycles. The van der Waals surface area contributed by atoms with E-state index < -0.39 is 0 Å². The maximum atomic E-state index is 9.30. The first kappa shape index (κ1) is 11.6. The predicted octanol–water partition coefficient (Wildman–Crippen LogP) is 1.01. The molecule has 0 aliphatic carbocycles. The quantitative estimate of drug-likeness (QED) is 0.831. The van der Waals surface area contributed by atoms with Crippen molar-refractivity contribution in [2.24, 2.45) is 12.5 Å². The number of nitrogens with zero attached hydrogens (tertiary/aromatic N) is 3. The van der Waals surface area contributed by atoms with Gasteiger partial charge in [-0.2, -0.15) is 0 Å². The van der Waals surface area contributed by atoms with E-state index in [1.54, 1.807) is 0 Å². The van der Waals surface area contributed by atoms with Crippen molar-refractivity contribution >= 4 is 0 Å². The van der Waals surface area contributed by atoms with Crippen LogP contribution in [0.3, 0.4) is 0 Å². The highest BCUT2D eigenvalue weighted by molar-refractivity contribution is 4.92. The number of likely N-dealkylation sites (tertiary alicyclic amines) is 1. The highest BCUT2D eigenvalue weighted by atomic mass is 16.3. The van der Waals surface area contributed by atoms with Crippen molar-refractivity contribution in [1.82, 2.24) is 14.5 Å². The number of aliphatic hydroxyl groups excluding tert-OH is 1. The fourth-order valence-electron chi connectivity index (χ4n) is 2.16. The molecule has 1 aromatic rings. The maximum Gasteiger partial charge on any atom is 0.122 e. The molecule has 0 unspecified atom stereocenters. The van der Waals surface area contributed by atoms with Crippen LogP contribution < -0.4 is 0 Å². The highest BCUT2D eigenvalue weighted by Gasteiger charge is 2.29. The molecule has 0 bridgehead atoms. The molecule has 0 radical (unpaired) electrons. The van der Waals surface area contributed by atoms with Crippen LogP contribution in [-0.4, -0.2) is 39.3 Å². The van der Waals surface area contributed by atoms with Crippen molar-refractivity contribution in [1.29, 1.82) is 0 Å². The summed E-state index contributed by atoms with van der Waals surface area (Å²) in [6.45, 7) is 5.52. The van der Waals surface area contributed by atoms with Crippen LogP contribution in [-0.2, 0) is 13.6 Å². The Kier molecular flexibility index (Phi) is 3.30. The third kappa shape index (κ3) is 2.44. The zero-order chi connectivity index (χ0) is 11.6. The van der Waals surface area contributed by atoms with Crippen LogP contribution in [0.1, 0.15) is 25.6 Å². The third-order valence-electron chi connectivity index (χ3n) is 3.73. The van der Waals surface area contributed by atoms with Gasteiger partial charge in [0.2, 0.25) is 0 Å². The van der Waals surface area contributed by atoms with Crippen molar-refractivity contribution in [3.05, 3.63) is 18.2 Å². The molecule has 2 heterocycles. The predicted molar refractivity (Wildman–Crippen MR) is 62.9 cm³/mol. The van der Waals surface area contributed by atoms with E-state index in [1.807, 2.05) is 19.4 Å². The maximum absolute atomic E-state index is 9.30. The summed E-state index contributed by atoms with van der Waals surface area (Å²) >= 11 is 0. The number of hydrogen-bond acceptors (Lipinski definition) is 3. The van der Waals surface area contributed by atoms with Gasteiger partial charge in [0, 0.05) is 26.0 Å². The van der Waals surface area contributed by atoms with Gasteiger partial charge in [-0.3, -0.25) is 4.90 Å². The van der Waals surface area contributed by atoms with Gasteiger partial charge >= 0.3 is 0 Å². The van der Waals surface area contributed by atoms with Crippen molar-refractivity contribution in [3.63, 3.8) is 0 Å². The molecule has 1 saturated heterocycles. The smallest absolute Gasteiger partial charge is 0.122 e. The first-order chi connectivity index (χ1) is 7.63. The van der Waals surface area contributed by atoms with E-state index in [0.717, 1.165) is 38.3 Å². The zero-order valence-corrected chi connectivity index (χ0v) is 10.2. The normalized spacial score (nSPS) is 21.2. The molecule has 0 atom stereocenters. The molecule has 0 spiro atoms. The van der Waals surface area contributed by atoms with Crippen molar-refractivity contribution in [2.75, 3.05) is 19.7 Å². The topological polar surface area (TPSA) is 41.3 Å². The minimum Gasteiger partial charge on any atom is -0.396 e. The highest BCUT2D eigenvalue weighted by Crippen LogP contribution is 2.30. The Labute approximate surface area is 96.9 Å². The van der Waals surface area contributed by atoms with Crippen LogP contribution in [0.5, 0.6) is 0 Å². The minimum atomic E-state index is 0.137. The summed E-state index contributed by atoms with van der Waals surface area (Å²) in [4.78, 5) is 6.75. The molecule has 1 aromatic heterocycles. The van der Waals surface area contributed by atoms with Gasteiger partial charge in [-0.15, -0.1) is 0 Å². The number of imidazole rings is 1. The summed E-state index contributed by atoms with van der Waals surface area (Å²) in [6.07, 6.45) is 5.98. The fraction of sp³-hybridized carbons (Fsp3) is 0.750. The molecule has 4 nitrogen and oxygen atoms in total. The van der Waals surface area contributed by atoms with Gasteiger partial charge in [-0.25, -0.2) is 4.98 Å². The molecule has 2 rings (SSSR count). The summed E-state index contributed by atoms with van der Waals surface area (Å²) in [6, 6.07) is 0. The Hall–Kier alpha value is -0.870. The number of rotatable bonds is 3. The fourth-order valence-corrected chi connectivity index (χ4v) is 2.16. The van der Waals surface area contributed by atoms with Gasteiger partial charge in [0.25, 0.3) is 0 Å². The van der Waals surface area contributed by atoms with Crippen LogP contribution in [0.15, 0.2) is 12.4 Å². The summed E-state index contributed by atoms with van der Waals surface area (Å²) < 4.78 is 2.07. The molecular formula is C12H21N3O. The van der Waals surface area contributed by atoms with E-state index in [0.29, 0.717) is 6.61 Å². The Morgan fingerprint density at radius 3 is 2.62 bits per heavy atom. The second-order valence-corrected chi connectivity index (χ2v) is 5.20. The zero-order valence-electron chi connectivity index (χ0n) is 10.2. The number of aryl methyl sites for hydroxylation is 1. The molecular weight excluding hydrogens is 202 g/mol. The van der Waals surface area contributed by atoms with Crippen molar-refractivity contribution < 1.29 is 5.11 Å². The molecule has 16 heavy (non-hydrogen) atoms. The van der Waals surface area contributed by atoms with E-state index in [9.17, 15) is 5.11 Å². The largest absolute Gasteiger partial charge is 0.396 e. The molecule has 1 aliphatic heterocycles. The number of hydrogen-bond donors (Lipinski definition) is 1. The molecule has 0 amide bonds. The lowest BCUT2D eigenvalue weighted by atomic mass is 9.81. The Bertz CT molecular complexity index is 340. The Balaban J connectivity index is 1.88. The minimum absolute atomic E-state index is 0.137. The van der Waals surface area contributed by atoms with Gasteiger partial charge in [0.15, 0.2) is 0 Å². The van der Waals surface area contributed by atoms with Gasteiger partial charge in [0.05, 0.1) is 6.54 Å². The first-order valence-electron chi connectivity index (χ1n) is 5.92. The standard InChI is InChI=1S/C12H21N3O/c1-12(10-16)3-6-15(7-4-12)9-11-13-5-8-14(11)2/h5,8,16H,3-4,6-7,9-10H2,1-2H3. The van der Waals surface area contributed by atoms with Crippen LogP contribution in [0.4, 0.5) is 0 Å². The van der Waals surface area contributed by atoms with Gasteiger partial charge in [-0.1, -0.05) is 6.92 Å². The Morgan fingerprint density at radius 1 is 1.44 bits per heavy atom. The van der Waals surface area contributed by atoms with Crippen LogP contribution in [0.2, 0.25) is 0 Å². The Morgan fingerprint density at radius 2 is 2.12 bits per heavy atom. The summed E-state index contributed by atoms with van der Waals surface area (Å²) in [5.41, 5.74) is 0.137. The van der Waals surface area contributed by atoms with Gasteiger partial charge < -0.3 is 9.67 Å². The van der Waals surface area contributed by atoms with Gasteiger partial charge in [-0.05, 0) is 31.3 Å². The summed E-state index contributed by atoms with van der Waals surface area (Å²) in [5.74, 6) is 1.12. The lowest BCUT2D eigenvalue weighted by molar-refractivity contribution is 0.0544. The second-order valence-electron chi connectivity index (χ2n) is 5.20. The van der Waals surface area contributed by atoms with Crippen LogP contribution in [0, 0.1) is 5.41 Å². The number of aliphatic hydroxyl groups is 1. The van der Waals surface area contributed by atoms with E-state index in [2.05, 4.69) is 21.4 Å². The average molecular weight is 223 g/mol. The molecule has 1 aliphatic rings. The van der Waals surface area contributed by atoms with Gasteiger partial charge in [0.1, 0.15) is 5.82 Å². The van der Waals surface area contributed by atoms with E-state index in [-0.39, 0.29) is 5.41 Å². The van der Waals surface area contributed by atoms with E-state index in [1.165, 1.54) is 0 Å². The lowest BCUT2D eigenvalue weighted by Crippen LogP contribution is -2.40. The molecule has 1 fully saturated rings. The molecule has 90 valence electrons. The molecule has 1 N–H and O–H groups in total. The second kappa shape index (κ2) is 4.55. The number of piperidine rings is 1. The summed E-state index contributed by atoms with van der Waals surface area (Å²) in [5, 5.41) is 9.30. The monoisotopic (exact) mass is 223 g/mol. The molecule has 0 aromatic carbocycles. The lowest BCUT2D eigenvalue weighted by Gasteiger charge is -2.37. The molecule has 4 heteroatoms. The van der Waals surface area contributed by atoms with E-state index >= 15 is 0 Å².